The van der Waals surface area contributed by atoms with Crippen LogP contribution < -0.4 is 0 Å². The lowest BCUT2D eigenvalue weighted by atomic mass is 10.2. The highest BCUT2D eigenvalue weighted by Gasteiger charge is 2.55. The van der Waals surface area contributed by atoms with Crippen molar-refractivity contribution in [2.45, 2.75) is 103 Å². The molecular formula is C20H40INO4Si2. The number of alkyl halides is 1. The number of imide groups is 1. The van der Waals surface area contributed by atoms with Gasteiger partial charge < -0.3 is 8.85 Å². The normalized spacial score (nSPS) is 22.3. The van der Waals surface area contributed by atoms with E-state index in [2.05, 4.69) is 90.3 Å². The van der Waals surface area contributed by atoms with Gasteiger partial charge in [0.2, 0.25) is 0 Å². The van der Waals surface area contributed by atoms with Crippen molar-refractivity contribution in [3.8, 4) is 0 Å². The van der Waals surface area contributed by atoms with E-state index in [0.717, 1.165) is 17.3 Å². The predicted octanol–water partition coefficient (Wildman–Crippen LogP) is 5.35. The molecule has 2 amide bonds. The maximum absolute atomic E-state index is 13.2. The summed E-state index contributed by atoms with van der Waals surface area (Å²) < 4.78 is 14.0. The van der Waals surface area contributed by atoms with Crippen LogP contribution in [0.25, 0.3) is 0 Å². The van der Waals surface area contributed by atoms with Crippen molar-refractivity contribution < 1.29 is 18.4 Å². The van der Waals surface area contributed by atoms with Crippen LogP contribution in [-0.2, 0) is 18.4 Å². The van der Waals surface area contributed by atoms with Crippen molar-refractivity contribution in [2.24, 2.45) is 0 Å². The van der Waals surface area contributed by atoms with Gasteiger partial charge in [-0.1, -0.05) is 64.1 Å². The van der Waals surface area contributed by atoms with Crippen LogP contribution in [-0.4, -0.2) is 56.5 Å². The third-order valence-corrected chi connectivity index (χ3v) is 16.2. The number of unbranched alkanes of at least 4 members (excludes halogenated alkanes) is 1. The minimum absolute atomic E-state index is 0.0491. The molecule has 0 saturated carbocycles. The van der Waals surface area contributed by atoms with E-state index in [4.69, 9.17) is 8.85 Å². The summed E-state index contributed by atoms with van der Waals surface area (Å²) in [7, 11) is -4.48. The predicted molar refractivity (Wildman–Crippen MR) is 129 cm³/mol. The summed E-state index contributed by atoms with van der Waals surface area (Å²) in [6, 6.07) is 0. The number of rotatable bonds is 8. The van der Waals surface area contributed by atoms with Gasteiger partial charge in [0.05, 0.1) is 0 Å². The first-order valence-electron chi connectivity index (χ1n) is 10.2. The molecule has 0 aromatic rings. The van der Waals surface area contributed by atoms with E-state index >= 15 is 0 Å². The number of carbonyl (C=O) groups is 2. The fraction of sp³-hybridized carbons (Fsp3) is 0.900. The molecule has 28 heavy (non-hydrogen) atoms. The Kier molecular flexibility index (Phi) is 8.58. The summed E-state index contributed by atoms with van der Waals surface area (Å²) in [5.74, 6) is -0.431. The summed E-state index contributed by atoms with van der Waals surface area (Å²) in [4.78, 5) is 27.8. The van der Waals surface area contributed by atoms with Gasteiger partial charge in [0.15, 0.2) is 28.8 Å². The van der Waals surface area contributed by atoms with Crippen molar-refractivity contribution in [1.29, 1.82) is 0 Å². The molecule has 1 heterocycles. The zero-order chi connectivity index (χ0) is 22.1. The molecule has 1 saturated heterocycles. The highest BCUT2D eigenvalue weighted by atomic mass is 127. The van der Waals surface area contributed by atoms with Gasteiger partial charge in [-0.15, -0.1) is 0 Å². The Morgan fingerprint density at radius 3 is 1.46 bits per heavy atom. The van der Waals surface area contributed by atoms with E-state index in [1.807, 2.05) is 0 Å². The summed E-state index contributed by atoms with van der Waals surface area (Å²) in [5.41, 5.74) is 0. The number of amides is 2. The van der Waals surface area contributed by atoms with Crippen LogP contribution in [0, 0.1) is 0 Å². The van der Waals surface area contributed by atoms with Crippen LogP contribution in [0.15, 0.2) is 0 Å². The molecule has 0 bridgehead atoms. The maximum Gasteiger partial charge on any atom is 0.260 e. The van der Waals surface area contributed by atoms with E-state index in [9.17, 15) is 9.59 Å². The van der Waals surface area contributed by atoms with Gasteiger partial charge in [-0.2, -0.15) is 0 Å². The zero-order valence-electron chi connectivity index (χ0n) is 19.4. The van der Waals surface area contributed by atoms with Crippen molar-refractivity contribution in [3.05, 3.63) is 0 Å². The Balaban J connectivity index is 3.21. The molecule has 1 rings (SSSR count). The molecule has 1 aliphatic heterocycles. The molecular weight excluding hydrogens is 501 g/mol. The molecule has 8 heteroatoms. The van der Waals surface area contributed by atoms with Crippen molar-refractivity contribution >= 4 is 51.0 Å². The van der Waals surface area contributed by atoms with Crippen molar-refractivity contribution in [2.75, 3.05) is 11.0 Å². The molecule has 0 radical (unpaired) electrons. The third kappa shape index (κ3) is 5.89. The Hall–Kier alpha value is 0.224. The Labute approximate surface area is 187 Å². The number of hydrogen-bond acceptors (Lipinski definition) is 4. The third-order valence-electron chi connectivity index (χ3n) is 6.51. The van der Waals surface area contributed by atoms with Crippen LogP contribution in [0.1, 0.15) is 54.4 Å². The molecule has 1 aliphatic rings. The lowest BCUT2D eigenvalue weighted by Crippen LogP contribution is -2.52. The lowest BCUT2D eigenvalue weighted by Gasteiger charge is -2.41. The fourth-order valence-electron chi connectivity index (χ4n) is 2.47. The van der Waals surface area contributed by atoms with E-state index in [0.29, 0.717) is 6.54 Å². The molecule has 0 unspecified atom stereocenters. The molecule has 0 spiro atoms. The number of halogens is 1. The summed E-state index contributed by atoms with van der Waals surface area (Å²) in [6.07, 6.45) is 0.170. The maximum atomic E-state index is 13.2. The topological polar surface area (TPSA) is 55.8 Å². The molecule has 0 N–H and O–H groups in total. The smallest absolute Gasteiger partial charge is 0.260 e. The highest BCUT2D eigenvalue weighted by Crippen LogP contribution is 2.42. The van der Waals surface area contributed by atoms with Gasteiger partial charge in [0.25, 0.3) is 11.8 Å². The van der Waals surface area contributed by atoms with Gasteiger partial charge in [-0.3, -0.25) is 14.5 Å². The standard InChI is InChI=1S/C20H40INO4Si2/c1-19(2,3)27(7,8)25-15-16(26-28(9,10)20(4,5)6)18(24)22(17(15)23)14-12-11-13-21/h15-16H,11-14H2,1-10H3/t15-,16-/m1/s1. The van der Waals surface area contributed by atoms with Crippen LogP contribution in [0.4, 0.5) is 0 Å². The minimum atomic E-state index is -2.24. The minimum Gasteiger partial charge on any atom is -0.403 e. The number of nitrogens with zero attached hydrogens (tertiary/aromatic N) is 1. The number of likely N-dealkylation sites (tertiary alicyclic amines) is 1. The largest absolute Gasteiger partial charge is 0.403 e. The summed E-state index contributed by atoms with van der Waals surface area (Å²) in [6.45, 7) is 21.8. The van der Waals surface area contributed by atoms with Crippen LogP contribution in [0.5, 0.6) is 0 Å². The Morgan fingerprint density at radius 1 is 0.821 bits per heavy atom. The van der Waals surface area contributed by atoms with Gasteiger partial charge in [0, 0.05) is 6.54 Å². The van der Waals surface area contributed by atoms with E-state index in [-0.39, 0.29) is 21.9 Å². The second kappa shape index (κ2) is 9.15. The average Bonchev–Trinajstić information content (AvgIpc) is 2.70. The number of hydrogen-bond donors (Lipinski definition) is 0. The van der Waals surface area contributed by atoms with Crippen molar-refractivity contribution in [1.82, 2.24) is 4.90 Å². The van der Waals surface area contributed by atoms with Gasteiger partial charge in [-0.05, 0) is 53.5 Å². The first-order chi connectivity index (χ1) is 12.5. The van der Waals surface area contributed by atoms with Crippen LogP contribution >= 0.6 is 22.6 Å². The zero-order valence-corrected chi connectivity index (χ0v) is 23.6. The highest BCUT2D eigenvalue weighted by molar-refractivity contribution is 14.1. The molecule has 0 aliphatic carbocycles. The fourth-order valence-corrected chi connectivity index (χ4v) is 5.44. The first kappa shape index (κ1) is 26.3. The molecule has 0 aromatic heterocycles. The molecule has 164 valence electrons. The molecule has 1 fully saturated rings. The Morgan fingerprint density at radius 2 is 1.18 bits per heavy atom. The molecule has 0 aromatic carbocycles. The molecule has 2 atom stereocenters. The van der Waals surface area contributed by atoms with Crippen molar-refractivity contribution in [3.63, 3.8) is 0 Å². The first-order valence-corrected chi connectivity index (χ1v) is 17.6. The van der Waals surface area contributed by atoms with Crippen LogP contribution in [0.2, 0.25) is 36.3 Å². The summed E-state index contributed by atoms with van der Waals surface area (Å²) in [5, 5.41) is -0.0982. The van der Waals surface area contributed by atoms with E-state index < -0.39 is 28.8 Å². The van der Waals surface area contributed by atoms with E-state index in [1.165, 1.54) is 4.90 Å². The monoisotopic (exact) mass is 541 g/mol. The average molecular weight is 542 g/mol. The molecule has 5 nitrogen and oxygen atoms in total. The van der Waals surface area contributed by atoms with Gasteiger partial charge >= 0.3 is 0 Å². The second-order valence-corrected chi connectivity index (χ2v) is 21.4. The van der Waals surface area contributed by atoms with Gasteiger partial charge in [0.1, 0.15) is 0 Å². The summed E-state index contributed by atoms with van der Waals surface area (Å²) >= 11 is 2.32. The van der Waals surface area contributed by atoms with Gasteiger partial charge in [-0.25, -0.2) is 0 Å². The second-order valence-electron chi connectivity index (χ2n) is 10.8. The van der Waals surface area contributed by atoms with E-state index in [1.54, 1.807) is 0 Å². The lowest BCUT2D eigenvalue weighted by molar-refractivity contribution is -0.141. The van der Waals surface area contributed by atoms with Crippen LogP contribution in [0.3, 0.4) is 0 Å². The Bertz CT molecular complexity index is 536. The quantitative estimate of drug-likeness (QED) is 0.137. The SMILES string of the molecule is CC(C)(C)[Si](C)(C)O[C@H]1C(=O)N(CCCCI)C(=O)[C@@H]1O[Si](C)(C)C(C)(C)C. The number of carbonyl (C=O) groups excluding carboxylic acids is 2.